The predicted molar refractivity (Wildman–Crippen MR) is 81.3 cm³/mol. The summed E-state index contributed by atoms with van der Waals surface area (Å²) in [6.45, 7) is 4.23. The first kappa shape index (κ1) is 14.0. The molecule has 0 aliphatic carbocycles. The first-order valence-corrected chi connectivity index (χ1v) is 7.10. The molecule has 2 heteroatoms. The zero-order chi connectivity index (χ0) is 13.7. The second kappa shape index (κ2) is 6.63. The third-order valence-corrected chi connectivity index (χ3v) is 3.40. The molecule has 0 aliphatic heterocycles. The topological polar surface area (TPSA) is 9.23 Å². The van der Waals surface area contributed by atoms with Crippen molar-refractivity contribution in [3.8, 4) is 11.5 Å². The molecule has 0 saturated carbocycles. The minimum atomic E-state index is 0.788. The van der Waals surface area contributed by atoms with Gasteiger partial charge in [0.25, 0.3) is 0 Å². The Morgan fingerprint density at radius 1 is 1.05 bits per heavy atom. The van der Waals surface area contributed by atoms with Crippen molar-refractivity contribution in [2.45, 2.75) is 33.1 Å². The molecule has 1 nitrogen and oxygen atoms in total. The SMILES string of the molecule is CCCCc1ccc(Oc2cccc(C)c2)cc1Cl. The fourth-order valence-corrected chi connectivity index (χ4v) is 2.24. The van der Waals surface area contributed by atoms with Crippen LogP contribution in [0, 0.1) is 6.92 Å². The molecule has 0 saturated heterocycles. The van der Waals surface area contributed by atoms with Crippen molar-refractivity contribution < 1.29 is 4.74 Å². The average Bonchev–Trinajstić information content (AvgIpc) is 2.38. The van der Waals surface area contributed by atoms with Gasteiger partial charge in [0, 0.05) is 5.02 Å². The van der Waals surface area contributed by atoms with Gasteiger partial charge in [-0.2, -0.15) is 0 Å². The number of unbranched alkanes of at least 4 members (excludes halogenated alkanes) is 1. The number of aryl methyl sites for hydroxylation is 2. The van der Waals surface area contributed by atoms with E-state index in [2.05, 4.69) is 13.0 Å². The molecule has 0 aromatic heterocycles. The predicted octanol–water partition coefficient (Wildman–Crippen LogP) is 5.78. The molecule has 0 amide bonds. The summed E-state index contributed by atoms with van der Waals surface area (Å²) in [5, 5.41) is 0.790. The van der Waals surface area contributed by atoms with Crippen LogP contribution in [-0.4, -0.2) is 0 Å². The van der Waals surface area contributed by atoms with E-state index < -0.39 is 0 Å². The van der Waals surface area contributed by atoms with Crippen molar-refractivity contribution in [1.29, 1.82) is 0 Å². The Kier molecular flexibility index (Phi) is 4.86. The molecule has 2 aromatic carbocycles. The maximum atomic E-state index is 6.28. The van der Waals surface area contributed by atoms with Crippen LogP contribution in [0.25, 0.3) is 0 Å². The van der Waals surface area contributed by atoms with Gasteiger partial charge in [-0.25, -0.2) is 0 Å². The fourth-order valence-electron chi connectivity index (χ4n) is 1.98. The van der Waals surface area contributed by atoms with Crippen LogP contribution < -0.4 is 4.74 Å². The minimum absolute atomic E-state index is 0.788. The summed E-state index contributed by atoms with van der Waals surface area (Å²) in [6, 6.07) is 13.9. The Hall–Kier alpha value is -1.47. The van der Waals surface area contributed by atoms with E-state index >= 15 is 0 Å². The van der Waals surface area contributed by atoms with Crippen molar-refractivity contribution in [3.05, 3.63) is 58.6 Å². The highest BCUT2D eigenvalue weighted by molar-refractivity contribution is 6.31. The minimum Gasteiger partial charge on any atom is -0.457 e. The standard InChI is InChI=1S/C17H19ClO/c1-3-4-7-14-9-10-16(12-17(14)18)19-15-8-5-6-13(2)11-15/h5-6,8-12H,3-4,7H2,1-2H3. The quantitative estimate of drug-likeness (QED) is 0.671. The van der Waals surface area contributed by atoms with E-state index in [4.69, 9.17) is 16.3 Å². The van der Waals surface area contributed by atoms with E-state index in [1.807, 2.05) is 43.3 Å². The third kappa shape index (κ3) is 4.00. The Bertz CT molecular complexity index is 549. The monoisotopic (exact) mass is 274 g/mol. The van der Waals surface area contributed by atoms with E-state index in [-0.39, 0.29) is 0 Å². The van der Waals surface area contributed by atoms with Gasteiger partial charge in [0.05, 0.1) is 0 Å². The fraction of sp³-hybridized carbons (Fsp3) is 0.294. The van der Waals surface area contributed by atoms with Gasteiger partial charge in [0.2, 0.25) is 0 Å². The Morgan fingerprint density at radius 3 is 2.53 bits per heavy atom. The van der Waals surface area contributed by atoms with Gasteiger partial charge < -0.3 is 4.74 Å². The second-order valence-electron chi connectivity index (χ2n) is 4.78. The Labute approximate surface area is 120 Å². The summed E-state index contributed by atoms with van der Waals surface area (Å²) in [5.41, 5.74) is 2.38. The van der Waals surface area contributed by atoms with Crippen LogP contribution in [0.2, 0.25) is 5.02 Å². The molecular formula is C17H19ClO. The summed E-state index contributed by atoms with van der Waals surface area (Å²) in [6.07, 6.45) is 3.37. The molecule has 0 bridgehead atoms. The third-order valence-electron chi connectivity index (χ3n) is 3.05. The lowest BCUT2D eigenvalue weighted by Gasteiger charge is -2.09. The van der Waals surface area contributed by atoms with Gasteiger partial charge in [-0.1, -0.05) is 43.1 Å². The van der Waals surface area contributed by atoms with Crippen LogP contribution in [0.15, 0.2) is 42.5 Å². The van der Waals surface area contributed by atoms with Crippen LogP contribution in [-0.2, 0) is 6.42 Å². The molecule has 0 N–H and O–H groups in total. The number of benzene rings is 2. The molecule has 0 radical (unpaired) electrons. The van der Waals surface area contributed by atoms with Crippen molar-refractivity contribution in [3.63, 3.8) is 0 Å². The van der Waals surface area contributed by atoms with Crippen molar-refractivity contribution in [1.82, 2.24) is 0 Å². The molecular weight excluding hydrogens is 256 g/mol. The van der Waals surface area contributed by atoms with E-state index in [0.29, 0.717) is 0 Å². The van der Waals surface area contributed by atoms with E-state index in [0.717, 1.165) is 29.4 Å². The smallest absolute Gasteiger partial charge is 0.128 e. The summed E-state index contributed by atoms with van der Waals surface area (Å²) in [4.78, 5) is 0. The lowest BCUT2D eigenvalue weighted by Crippen LogP contribution is -1.89. The summed E-state index contributed by atoms with van der Waals surface area (Å²) < 4.78 is 5.82. The molecule has 2 aromatic rings. The second-order valence-corrected chi connectivity index (χ2v) is 5.18. The first-order valence-electron chi connectivity index (χ1n) is 6.72. The highest BCUT2D eigenvalue weighted by atomic mass is 35.5. The van der Waals surface area contributed by atoms with Crippen LogP contribution in [0.1, 0.15) is 30.9 Å². The summed E-state index contributed by atoms with van der Waals surface area (Å²) >= 11 is 6.28. The molecule has 0 spiro atoms. The van der Waals surface area contributed by atoms with Gasteiger partial charge in [0.1, 0.15) is 11.5 Å². The average molecular weight is 275 g/mol. The van der Waals surface area contributed by atoms with E-state index in [1.54, 1.807) is 0 Å². The number of rotatable bonds is 5. The molecule has 0 atom stereocenters. The van der Waals surface area contributed by atoms with Crippen molar-refractivity contribution in [2.24, 2.45) is 0 Å². The highest BCUT2D eigenvalue weighted by Crippen LogP contribution is 2.28. The summed E-state index contributed by atoms with van der Waals surface area (Å²) in [5.74, 6) is 1.63. The van der Waals surface area contributed by atoms with E-state index in [1.165, 1.54) is 17.5 Å². The van der Waals surface area contributed by atoms with Gasteiger partial charge in [-0.05, 0) is 55.2 Å². The van der Waals surface area contributed by atoms with Gasteiger partial charge in [-0.15, -0.1) is 0 Å². The zero-order valence-electron chi connectivity index (χ0n) is 11.4. The van der Waals surface area contributed by atoms with Crippen LogP contribution in [0.4, 0.5) is 0 Å². The maximum Gasteiger partial charge on any atom is 0.128 e. The Morgan fingerprint density at radius 2 is 1.84 bits per heavy atom. The van der Waals surface area contributed by atoms with Crippen LogP contribution >= 0.6 is 11.6 Å². The Balaban J connectivity index is 2.11. The van der Waals surface area contributed by atoms with Crippen LogP contribution in [0.3, 0.4) is 0 Å². The number of ether oxygens (including phenoxy) is 1. The lowest BCUT2D eigenvalue weighted by molar-refractivity contribution is 0.482. The highest BCUT2D eigenvalue weighted by Gasteiger charge is 2.03. The van der Waals surface area contributed by atoms with Gasteiger partial charge in [-0.3, -0.25) is 0 Å². The van der Waals surface area contributed by atoms with Crippen molar-refractivity contribution >= 4 is 11.6 Å². The van der Waals surface area contributed by atoms with Gasteiger partial charge in [0.15, 0.2) is 0 Å². The van der Waals surface area contributed by atoms with E-state index in [9.17, 15) is 0 Å². The van der Waals surface area contributed by atoms with Crippen LogP contribution in [0.5, 0.6) is 11.5 Å². The number of hydrogen-bond acceptors (Lipinski definition) is 1. The molecule has 2 rings (SSSR count). The van der Waals surface area contributed by atoms with Gasteiger partial charge >= 0.3 is 0 Å². The maximum absolute atomic E-state index is 6.28. The lowest BCUT2D eigenvalue weighted by atomic mass is 10.1. The summed E-state index contributed by atoms with van der Waals surface area (Å²) in [7, 11) is 0. The molecule has 0 unspecified atom stereocenters. The number of halogens is 1. The molecule has 100 valence electrons. The largest absolute Gasteiger partial charge is 0.457 e. The normalized spacial score (nSPS) is 10.5. The number of hydrogen-bond donors (Lipinski definition) is 0. The first-order chi connectivity index (χ1) is 9.19. The molecule has 0 aliphatic rings. The van der Waals surface area contributed by atoms with Crippen molar-refractivity contribution in [2.75, 3.05) is 0 Å². The molecule has 19 heavy (non-hydrogen) atoms. The zero-order valence-corrected chi connectivity index (χ0v) is 12.2. The molecule has 0 heterocycles. The molecule has 0 fully saturated rings.